The fraction of sp³-hybridized carbons (Fsp3) is 1.00. The van der Waals surface area contributed by atoms with Crippen molar-refractivity contribution >= 4 is 0 Å². The number of hydrogen-bond donors (Lipinski definition) is 1. The van der Waals surface area contributed by atoms with Crippen molar-refractivity contribution in [3.05, 3.63) is 0 Å². The molecule has 1 fully saturated rings. The summed E-state index contributed by atoms with van der Waals surface area (Å²) in [4.78, 5) is 0. The largest absolute Gasteiger partial charge is 0.373 e. The van der Waals surface area contributed by atoms with Crippen molar-refractivity contribution < 1.29 is 4.74 Å². The number of rotatable bonds is 5. The third-order valence-electron chi connectivity index (χ3n) is 2.96. The summed E-state index contributed by atoms with van der Waals surface area (Å²) in [5.74, 6) is 0.782. The second kappa shape index (κ2) is 5.50. The fourth-order valence-electron chi connectivity index (χ4n) is 2.48. The van der Waals surface area contributed by atoms with Gasteiger partial charge in [-0.2, -0.15) is 0 Å². The molecule has 0 bridgehead atoms. The van der Waals surface area contributed by atoms with Gasteiger partial charge in [0.25, 0.3) is 0 Å². The Morgan fingerprint density at radius 2 is 1.75 bits per heavy atom. The summed E-state index contributed by atoms with van der Waals surface area (Å²) in [6.45, 7) is 13.3. The molecule has 16 heavy (non-hydrogen) atoms. The van der Waals surface area contributed by atoms with E-state index in [4.69, 9.17) is 4.74 Å². The van der Waals surface area contributed by atoms with Gasteiger partial charge in [0, 0.05) is 12.1 Å². The van der Waals surface area contributed by atoms with E-state index in [9.17, 15) is 0 Å². The van der Waals surface area contributed by atoms with E-state index in [2.05, 4.69) is 46.9 Å². The first kappa shape index (κ1) is 14.0. The molecular weight excluding hydrogens is 198 g/mol. The summed E-state index contributed by atoms with van der Waals surface area (Å²) in [5.41, 5.74) is 0.0131. The van der Waals surface area contributed by atoms with Crippen LogP contribution in [-0.2, 0) is 4.74 Å². The van der Waals surface area contributed by atoms with Crippen LogP contribution in [0.4, 0.5) is 0 Å². The highest BCUT2D eigenvalue weighted by molar-refractivity contribution is 4.89. The minimum absolute atomic E-state index is 0.0131. The smallest absolute Gasteiger partial charge is 0.0612 e. The van der Waals surface area contributed by atoms with Crippen LogP contribution in [0.2, 0.25) is 0 Å². The highest BCUT2D eigenvalue weighted by Crippen LogP contribution is 2.28. The maximum atomic E-state index is 5.93. The van der Waals surface area contributed by atoms with Gasteiger partial charge in [0.15, 0.2) is 0 Å². The zero-order chi connectivity index (χ0) is 12.3. The first-order chi connectivity index (χ1) is 7.26. The fourth-order valence-corrected chi connectivity index (χ4v) is 2.48. The SMILES string of the molecule is CC(C)CC(C)NC1CC(OC(C)(C)C)C1. The minimum atomic E-state index is 0.0131. The molecule has 0 aliphatic heterocycles. The molecule has 1 rings (SSSR count). The van der Waals surface area contributed by atoms with Crippen LogP contribution in [-0.4, -0.2) is 23.8 Å². The summed E-state index contributed by atoms with van der Waals surface area (Å²) in [6, 6.07) is 1.32. The first-order valence-corrected chi connectivity index (χ1v) is 6.70. The Kier molecular flexibility index (Phi) is 4.81. The minimum Gasteiger partial charge on any atom is -0.373 e. The monoisotopic (exact) mass is 227 g/mol. The lowest BCUT2D eigenvalue weighted by Crippen LogP contribution is -2.50. The van der Waals surface area contributed by atoms with Gasteiger partial charge in [0.1, 0.15) is 0 Å². The van der Waals surface area contributed by atoms with Crippen LogP contribution in [0.5, 0.6) is 0 Å². The van der Waals surface area contributed by atoms with Gasteiger partial charge in [-0.25, -0.2) is 0 Å². The maximum Gasteiger partial charge on any atom is 0.0612 e. The molecule has 0 heterocycles. The molecular formula is C14H29NO. The van der Waals surface area contributed by atoms with E-state index in [1.807, 2.05) is 0 Å². The van der Waals surface area contributed by atoms with Crippen LogP contribution in [0.3, 0.4) is 0 Å². The van der Waals surface area contributed by atoms with Crippen LogP contribution in [0.1, 0.15) is 60.8 Å². The van der Waals surface area contributed by atoms with Crippen LogP contribution < -0.4 is 5.32 Å². The van der Waals surface area contributed by atoms with Gasteiger partial charge in [-0.15, -0.1) is 0 Å². The highest BCUT2D eigenvalue weighted by Gasteiger charge is 2.33. The Bertz CT molecular complexity index is 201. The Morgan fingerprint density at radius 1 is 1.19 bits per heavy atom. The first-order valence-electron chi connectivity index (χ1n) is 6.70. The van der Waals surface area contributed by atoms with E-state index in [1.54, 1.807) is 0 Å². The summed E-state index contributed by atoms with van der Waals surface area (Å²) < 4.78 is 5.93. The molecule has 1 aliphatic carbocycles. The molecule has 1 saturated carbocycles. The van der Waals surface area contributed by atoms with E-state index in [0.29, 0.717) is 18.2 Å². The Labute approximate surface area is 101 Å². The van der Waals surface area contributed by atoms with Gasteiger partial charge in [-0.1, -0.05) is 13.8 Å². The van der Waals surface area contributed by atoms with E-state index in [0.717, 1.165) is 5.92 Å². The normalized spacial score (nSPS) is 27.9. The van der Waals surface area contributed by atoms with Crippen molar-refractivity contribution in [2.24, 2.45) is 5.92 Å². The Morgan fingerprint density at radius 3 is 2.19 bits per heavy atom. The summed E-state index contributed by atoms with van der Waals surface area (Å²) in [6.07, 6.45) is 4.10. The molecule has 0 aromatic rings. The van der Waals surface area contributed by atoms with Crippen molar-refractivity contribution in [2.75, 3.05) is 0 Å². The van der Waals surface area contributed by atoms with Crippen molar-refractivity contribution in [3.8, 4) is 0 Å². The van der Waals surface area contributed by atoms with Gasteiger partial charge in [0.2, 0.25) is 0 Å². The molecule has 96 valence electrons. The Hall–Kier alpha value is -0.0800. The standard InChI is InChI=1S/C14H29NO/c1-10(2)7-11(3)15-12-8-13(9-12)16-14(4,5)6/h10-13,15H,7-9H2,1-6H3. The lowest BCUT2D eigenvalue weighted by atomic mass is 9.87. The van der Waals surface area contributed by atoms with Gasteiger partial charge in [-0.05, 0) is 52.9 Å². The molecule has 0 aromatic heterocycles. The van der Waals surface area contributed by atoms with E-state index in [-0.39, 0.29) is 5.60 Å². The van der Waals surface area contributed by atoms with Crippen LogP contribution in [0.25, 0.3) is 0 Å². The quantitative estimate of drug-likeness (QED) is 0.777. The predicted molar refractivity (Wildman–Crippen MR) is 69.7 cm³/mol. The van der Waals surface area contributed by atoms with Crippen molar-refractivity contribution in [1.29, 1.82) is 0 Å². The van der Waals surface area contributed by atoms with E-state index < -0.39 is 0 Å². The third kappa shape index (κ3) is 5.31. The molecule has 0 radical (unpaired) electrons. The molecule has 0 amide bonds. The van der Waals surface area contributed by atoms with Crippen LogP contribution >= 0.6 is 0 Å². The molecule has 1 N–H and O–H groups in total. The summed E-state index contributed by atoms with van der Waals surface area (Å²) in [5, 5.41) is 3.68. The second-order valence-electron chi connectivity index (χ2n) is 6.72. The molecule has 1 atom stereocenters. The second-order valence-corrected chi connectivity index (χ2v) is 6.72. The lowest BCUT2D eigenvalue weighted by Gasteiger charge is -2.41. The summed E-state index contributed by atoms with van der Waals surface area (Å²) >= 11 is 0. The average molecular weight is 227 g/mol. The number of ether oxygens (including phenoxy) is 1. The predicted octanol–water partition coefficient (Wildman–Crippen LogP) is 3.36. The van der Waals surface area contributed by atoms with Crippen LogP contribution in [0, 0.1) is 5.92 Å². The van der Waals surface area contributed by atoms with Gasteiger partial charge < -0.3 is 10.1 Å². The highest BCUT2D eigenvalue weighted by atomic mass is 16.5. The average Bonchev–Trinajstić information content (AvgIpc) is 1.95. The van der Waals surface area contributed by atoms with Crippen molar-refractivity contribution in [3.63, 3.8) is 0 Å². The van der Waals surface area contributed by atoms with Gasteiger partial charge >= 0.3 is 0 Å². The third-order valence-corrected chi connectivity index (χ3v) is 2.96. The Balaban J connectivity index is 2.12. The zero-order valence-corrected chi connectivity index (χ0v) is 11.8. The summed E-state index contributed by atoms with van der Waals surface area (Å²) in [7, 11) is 0. The van der Waals surface area contributed by atoms with E-state index in [1.165, 1.54) is 19.3 Å². The molecule has 0 spiro atoms. The molecule has 0 aromatic carbocycles. The number of nitrogens with one attached hydrogen (secondary N) is 1. The van der Waals surface area contributed by atoms with Gasteiger partial charge in [-0.3, -0.25) is 0 Å². The maximum absolute atomic E-state index is 5.93. The van der Waals surface area contributed by atoms with Crippen molar-refractivity contribution in [2.45, 2.75) is 84.6 Å². The number of hydrogen-bond acceptors (Lipinski definition) is 2. The topological polar surface area (TPSA) is 21.3 Å². The van der Waals surface area contributed by atoms with Gasteiger partial charge in [0.05, 0.1) is 11.7 Å². The zero-order valence-electron chi connectivity index (χ0n) is 11.8. The molecule has 1 aliphatic rings. The molecule has 1 unspecified atom stereocenters. The van der Waals surface area contributed by atoms with Crippen molar-refractivity contribution in [1.82, 2.24) is 5.32 Å². The van der Waals surface area contributed by atoms with E-state index >= 15 is 0 Å². The molecule has 2 nitrogen and oxygen atoms in total. The lowest BCUT2D eigenvalue weighted by molar-refractivity contribution is -0.103. The molecule has 2 heteroatoms. The van der Waals surface area contributed by atoms with Crippen LogP contribution in [0.15, 0.2) is 0 Å². The molecule has 0 saturated heterocycles.